The first-order valence-electron chi connectivity index (χ1n) is 3.20. The summed E-state index contributed by atoms with van der Waals surface area (Å²) in [6.07, 6.45) is 2.51. The van der Waals surface area contributed by atoms with Crippen molar-refractivity contribution in [3.63, 3.8) is 0 Å². The van der Waals surface area contributed by atoms with Gasteiger partial charge in [-0.05, 0) is 20.0 Å². The summed E-state index contributed by atoms with van der Waals surface area (Å²) in [6, 6.07) is 0. The van der Waals surface area contributed by atoms with Gasteiger partial charge < -0.3 is 5.73 Å². The molecule has 0 rings (SSSR count). The molecule has 0 radical (unpaired) electrons. The molecule has 0 unspecified atom stereocenters. The Kier molecular flexibility index (Phi) is 5.01. The lowest BCUT2D eigenvalue weighted by molar-refractivity contribution is 0.338. The van der Waals surface area contributed by atoms with Gasteiger partial charge in [0, 0.05) is 6.67 Å². The van der Waals surface area contributed by atoms with Crippen molar-refractivity contribution < 1.29 is 0 Å². The predicted molar refractivity (Wildman–Crippen MR) is 36.6 cm³/mol. The molecule has 0 aromatic rings. The Morgan fingerprint density at radius 3 is 2.50 bits per heavy atom. The van der Waals surface area contributed by atoms with Gasteiger partial charge >= 0.3 is 0 Å². The van der Waals surface area contributed by atoms with E-state index in [0.29, 0.717) is 6.67 Å². The van der Waals surface area contributed by atoms with Crippen LogP contribution in [0.2, 0.25) is 0 Å². The van der Waals surface area contributed by atoms with E-state index in [1.807, 2.05) is 7.05 Å². The van der Waals surface area contributed by atoms with Crippen LogP contribution in [0.5, 0.6) is 0 Å². The van der Waals surface area contributed by atoms with E-state index in [-0.39, 0.29) is 0 Å². The highest BCUT2D eigenvalue weighted by atomic mass is 15.1. The van der Waals surface area contributed by atoms with Gasteiger partial charge in [0.15, 0.2) is 0 Å². The first kappa shape index (κ1) is 7.92. The van der Waals surface area contributed by atoms with Crippen LogP contribution < -0.4 is 5.73 Å². The Balaban J connectivity index is 2.86. The van der Waals surface area contributed by atoms with E-state index in [1.54, 1.807) is 0 Å². The average Bonchev–Trinajstić information content (AvgIpc) is 1.83. The van der Waals surface area contributed by atoms with E-state index in [2.05, 4.69) is 11.8 Å². The van der Waals surface area contributed by atoms with Gasteiger partial charge in [0.05, 0.1) is 0 Å². The van der Waals surface area contributed by atoms with Gasteiger partial charge in [-0.2, -0.15) is 0 Å². The summed E-state index contributed by atoms with van der Waals surface area (Å²) in [5.41, 5.74) is 5.34. The van der Waals surface area contributed by atoms with Gasteiger partial charge in [0.25, 0.3) is 0 Å². The zero-order chi connectivity index (χ0) is 6.41. The van der Waals surface area contributed by atoms with Crippen LogP contribution in [0.3, 0.4) is 0 Å². The van der Waals surface area contributed by atoms with E-state index < -0.39 is 0 Å². The number of nitrogens with zero attached hydrogens (tertiary/aromatic N) is 1. The van der Waals surface area contributed by atoms with E-state index in [1.165, 1.54) is 12.8 Å². The monoisotopic (exact) mass is 116 g/mol. The molecule has 0 atom stereocenters. The van der Waals surface area contributed by atoms with Crippen molar-refractivity contribution in [2.45, 2.75) is 19.8 Å². The number of hydrogen-bond donors (Lipinski definition) is 1. The third kappa shape index (κ3) is 4.09. The molecule has 0 saturated carbocycles. The minimum atomic E-state index is 0.681. The third-order valence-corrected chi connectivity index (χ3v) is 1.21. The molecular formula is C6H16N2. The summed E-state index contributed by atoms with van der Waals surface area (Å²) < 4.78 is 0. The number of rotatable bonds is 4. The molecule has 0 aromatic heterocycles. The summed E-state index contributed by atoms with van der Waals surface area (Å²) >= 11 is 0. The Bertz CT molecular complexity index is 45.8. The van der Waals surface area contributed by atoms with Gasteiger partial charge in [0.1, 0.15) is 0 Å². The smallest absolute Gasteiger partial charge is 0.0452 e. The molecule has 50 valence electrons. The van der Waals surface area contributed by atoms with Crippen LogP contribution >= 0.6 is 0 Å². The third-order valence-electron chi connectivity index (χ3n) is 1.21. The SMILES string of the molecule is CCCCN(C)CN. The van der Waals surface area contributed by atoms with E-state index in [4.69, 9.17) is 5.73 Å². The summed E-state index contributed by atoms with van der Waals surface area (Å²) in [6.45, 7) is 4.00. The van der Waals surface area contributed by atoms with Crippen molar-refractivity contribution in [3.05, 3.63) is 0 Å². The summed E-state index contributed by atoms with van der Waals surface area (Å²) in [7, 11) is 2.04. The molecule has 0 aromatic carbocycles. The Hall–Kier alpha value is -0.0800. The van der Waals surface area contributed by atoms with Crippen molar-refractivity contribution in [1.82, 2.24) is 4.90 Å². The Morgan fingerprint density at radius 1 is 1.50 bits per heavy atom. The Morgan fingerprint density at radius 2 is 2.12 bits per heavy atom. The molecule has 0 aliphatic heterocycles. The fourth-order valence-corrected chi connectivity index (χ4v) is 0.519. The molecule has 0 bridgehead atoms. The quantitative estimate of drug-likeness (QED) is 0.546. The standard InChI is InChI=1S/C6H16N2/c1-3-4-5-8(2)6-7/h3-7H2,1-2H3. The second-order valence-electron chi connectivity index (χ2n) is 2.12. The second kappa shape index (κ2) is 5.06. The van der Waals surface area contributed by atoms with Crippen LogP contribution in [0, 0.1) is 0 Å². The van der Waals surface area contributed by atoms with Crippen LogP contribution in [0.4, 0.5) is 0 Å². The molecule has 2 heteroatoms. The topological polar surface area (TPSA) is 29.3 Å². The maximum absolute atomic E-state index is 5.34. The molecule has 0 spiro atoms. The zero-order valence-electron chi connectivity index (χ0n) is 5.85. The lowest BCUT2D eigenvalue weighted by Crippen LogP contribution is -2.26. The molecule has 0 fully saturated rings. The van der Waals surface area contributed by atoms with Gasteiger partial charge in [-0.15, -0.1) is 0 Å². The maximum Gasteiger partial charge on any atom is 0.0452 e. The summed E-state index contributed by atoms with van der Waals surface area (Å²) in [5.74, 6) is 0. The molecule has 8 heavy (non-hydrogen) atoms. The molecular weight excluding hydrogens is 100 g/mol. The van der Waals surface area contributed by atoms with Crippen LogP contribution in [0.25, 0.3) is 0 Å². The predicted octanol–water partition coefficient (Wildman–Crippen LogP) is 0.635. The fourth-order valence-electron chi connectivity index (χ4n) is 0.519. The molecule has 0 amide bonds. The van der Waals surface area contributed by atoms with Crippen LogP contribution in [0.15, 0.2) is 0 Å². The maximum atomic E-state index is 5.34. The average molecular weight is 116 g/mol. The van der Waals surface area contributed by atoms with E-state index in [9.17, 15) is 0 Å². The van der Waals surface area contributed by atoms with Crippen molar-refractivity contribution in [2.24, 2.45) is 5.73 Å². The highest BCUT2D eigenvalue weighted by Crippen LogP contribution is 1.87. The number of nitrogens with two attached hydrogens (primary N) is 1. The molecule has 0 aliphatic carbocycles. The largest absolute Gasteiger partial charge is 0.318 e. The first-order valence-corrected chi connectivity index (χ1v) is 3.20. The van der Waals surface area contributed by atoms with Gasteiger partial charge in [-0.1, -0.05) is 13.3 Å². The molecule has 2 nitrogen and oxygen atoms in total. The zero-order valence-corrected chi connectivity index (χ0v) is 5.85. The molecule has 2 N–H and O–H groups in total. The molecule has 0 aliphatic rings. The first-order chi connectivity index (χ1) is 3.81. The van der Waals surface area contributed by atoms with Crippen molar-refractivity contribution in [3.8, 4) is 0 Å². The van der Waals surface area contributed by atoms with E-state index >= 15 is 0 Å². The second-order valence-corrected chi connectivity index (χ2v) is 2.12. The fraction of sp³-hybridized carbons (Fsp3) is 1.00. The molecule has 0 saturated heterocycles. The van der Waals surface area contributed by atoms with Gasteiger partial charge in [0.2, 0.25) is 0 Å². The van der Waals surface area contributed by atoms with Gasteiger partial charge in [-0.25, -0.2) is 0 Å². The van der Waals surface area contributed by atoms with Crippen molar-refractivity contribution >= 4 is 0 Å². The minimum Gasteiger partial charge on any atom is -0.318 e. The number of hydrogen-bond acceptors (Lipinski definition) is 2. The lowest BCUT2D eigenvalue weighted by atomic mass is 10.3. The normalized spacial score (nSPS) is 10.5. The highest BCUT2D eigenvalue weighted by molar-refractivity contribution is 4.43. The van der Waals surface area contributed by atoms with E-state index in [0.717, 1.165) is 6.54 Å². The van der Waals surface area contributed by atoms with Crippen LogP contribution in [-0.2, 0) is 0 Å². The molecule has 0 heterocycles. The lowest BCUT2D eigenvalue weighted by Gasteiger charge is -2.11. The summed E-state index contributed by atoms with van der Waals surface area (Å²) in [5, 5.41) is 0. The Labute approximate surface area is 51.7 Å². The minimum absolute atomic E-state index is 0.681. The summed E-state index contributed by atoms with van der Waals surface area (Å²) in [4.78, 5) is 2.11. The highest BCUT2D eigenvalue weighted by Gasteiger charge is 1.89. The number of unbranched alkanes of at least 4 members (excludes halogenated alkanes) is 1. The van der Waals surface area contributed by atoms with Crippen LogP contribution in [-0.4, -0.2) is 25.2 Å². The van der Waals surface area contributed by atoms with Crippen molar-refractivity contribution in [2.75, 3.05) is 20.3 Å². The van der Waals surface area contributed by atoms with Crippen molar-refractivity contribution in [1.29, 1.82) is 0 Å². The van der Waals surface area contributed by atoms with Gasteiger partial charge in [-0.3, -0.25) is 4.90 Å². The van der Waals surface area contributed by atoms with Crippen LogP contribution in [0.1, 0.15) is 19.8 Å².